The van der Waals surface area contributed by atoms with Crippen molar-refractivity contribution in [2.45, 2.75) is 30.9 Å². The lowest BCUT2D eigenvalue weighted by molar-refractivity contribution is 0.102. The number of halogens is 1. The second-order valence-corrected chi connectivity index (χ2v) is 9.51. The predicted octanol–water partition coefficient (Wildman–Crippen LogP) is 5.70. The van der Waals surface area contributed by atoms with Gasteiger partial charge in [-0.05, 0) is 54.3 Å². The molecule has 1 aromatic heterocycles. The molecule has 0 radical (unpaired) electrons. The molecule has 2 aromatic rings. The number of thiophene rings is 1. The molecule has 7 heteroatoms. The average Bonchev–Trinajstić information content (AvgIpc) is 2.94. The number of oxime groups is 1. The highest BCUT2D eigenvalue weighted by atomic mass is 35.5. The number of benzene rings is 1. The van der Waals surface area contributed by atoms with Gasteiger partial charge in [0.05, 0.1) is 14.8 Å². The molecule has 0 fully saturated rings. The Kier molecular flexibility index (Phi) is 5.65. The molecule has 3 rings (SSSR count). The maximum absolute atomic E-state index is 13.0. The summed E-state index contributed by atoms with van der Waals surface area (Å²) < 4.78 is 1.10. The van der Waals surface area contributed by atoms with Crippen molar-refractivity contribution in [2.24, 2.45) is 10.6 Å². The summed E-state index contributed by atoms with van der Waals surface area (Å²) in [6.45, 7) is 4.39. The maximum atomic E-state index is 13.0. The molecule has 1 N–H and O–H groups in total. The van der Waals surface area contributed by atoms with E-state index in [1.165, 1.54) is 11.3 Å². The summed E-state index contributed by atoms with van der Waals surface area (Å²) in [4.78, 5) is 18.8. The topological polar surface area (TPSA) is 50.7 Å². The highest BCUT2D eigenvalue weighted by molar-refractivity contribution is 8.00. The molecule has 1 aliphatic rings. The van der Waals surface area contributed by atoms with E-state index in [0.717, 1.165) is 44.5 Å². The Morgan fingerprint density at radius 3 is 2.62 bits per heavy atom. The van der Waals surface area contributed by atoms with Gasteiger partial charge in [-0.15, -0.1) is 23.1 Å². The number of nitrogens with one attached hydrogen (secondary N) is 1. The van der Waals surface area contributed by atoms with Crippen LogP contribution >= 0.6 is 34.7 Å². The van der Waals surface area contributed by atoms with Crippen LogP contribution in [0.1, 0.15) is 41.1 Å². The van der Waals surface area contributed by atoms with Crippen LogP contribution in [0.2, 0.25) is 5.02 Å². The van der Waals surface area contributed by atoms with E-state index >= 15 is 0 Å². The monoisotopic (exact) mass is 408 g/mol. The minimum atomic E-state index is -0.0941. The molecule has 0 bridgehead atoms. The lowest BCUT2D eigenvalue weighted by Crippen LogP contribution is -2.28. The molecule has 0 atom stereocenters. The molecule has 1 heterocycles. The number of amides is 1. The third-order valence-electron chi connectivity index (χ3n) is 4.26. The van der Waals surface area contributed by atoms with E-state index in [1.54, 1.807) is 43.1 Å². The van der Waals surface area contributed by atoms with Gasteiger partial charge >= 0.3 is 0 Å². The number of carbonyl (C=O) groups excluding carboxylic acids is 1. The second-order valence-electron chi connectivity index (χ2n) is 6.98. The molecule has 0 spiro atoms. The van der Waals surface area contributed by atoms with Gasteiger partial charge in [0.1, 0.15) is 7.11 Å². The summed E-state index contributed by atoms with van der Waals surface area (Å²) in [5.41, 5.74) is 3.82. The first kappa shape index (κ1) is 19.3. The second kappa shape index (κ2) is 7.62. The van der Waals surface area contributed by atoms with E-state index in [1.807, 2.05) is 6.26 Å². The lowest BCUT2D eigenvalue weighted by atomic mass is 9.74. The molecule has 0 saturated heterocycles. The number of hydrogen-bond donors (Lipinski definition) is 1. The Morgan fingerprint density at radius 1 is 1.31 bits per heavy atom. The van der Waals surface area contributed by atoms with E-state index < -0.39 is 0 Å². The first-order chi connectivity index (χ1) is 12.3. The van der Waals surface area contributed by atoms with Gasteiger partial charge in [0, 0.05) is 16.3 Å². The predicted molar refractivity (Wildman–Crippen MR) is 111 cm³/mol. The summed E-state index contributed by atoms with van der Waals surface area (Å²) in [5, 5.41) is 7.88. The standard InChI is InChI=1S/C19H21ClN2O2S2/c1-19(2)9-13-15(14(10-19)22-24-3)18(25-4)26-16(13)17(23)21-12-7-5-11(20)6-8-12/h5-8H,9-10H2,1-4H3,(H,21,23)/b22-14+. The van der Waals surface area contributed by atoms with Gasteiger partial charge in [0.2, 0.25) is 0 Å². The SMILES string of the molecule is CO/N=C1\CC(C)(C)Cc2c(C(=O)Nc3ccc(Cl)cc3)sc(SC)c21. The smallest absolute Gasteiger partial charge is 0.266 e. The van der Waals surface area contributed by atoms with Gasteiger partial charge in [-0.1, -0.05) is 30.6 Å². The summed E-state index contributed by atoms with van der Waals surface area (Å²) >= 11 is 9.09. The zero-order chi connectivity index (χ0) is 18.9. The number of thioether (sulfide) groups is 1. The van der Waals surface area contributed by atoms with Crippen LogP contribution in [0, 0.1) is 5.41 Å². The van der Waals surface area contributed by atoms with Gasteiger partial charge < -0.3 is 10.2 Å². The van der Waals surface area contributed by atoms with Crippen molar-refractivity contribution in [1.82, 2.24) is 0 Å². The van der Waals surface area contributed by atoms with Gasteiger partial charge in [0.25, 0.3) is 5.91 Å². The molecule has 0 saturated carbocycles. The van der Waals surface area contributed by atoms with Gasteiger partial charge in [-0.3, -0.25) is 4.79 Å². The van der Waals surface area contributed by atoms with Crippen molar-refractivity contribution in [2.75, 3.05) is 18.7 Å². The van der Waals surface area contributed by atoms with Crippen LogP contribution in [0.15, 0.2) is 33.6 Å². The molecular weight excluding hydrogens is 388 g/mol. The quantitative estimate of drug-likeness (QED) is 0.521. The number of anilines is 1. The van der Waals surface area contributed by atoms with Crippen molar-refractivity contribution in [3.05, 3.63) is 45.3 Å². The van der Waals surface area contributed by atoms with Crippen LogP contribution in [-0.2, 0) is 11.3 Å². The molecule has 138 valence electrons. The normalized spacial score (nSPS) is 17.0. The Bertz CT molecular complexity index is 857. The lowest BCUT2D eigenvalue weighted by Gasteiger charge is -2.31. The summed E-state index contributed by atoms with van der Waals surface area (Å²) in [7, 11) is 1.56. The zero-order valence-electron chi connectivity index (χ0n) is 15.2. The molecule has 0 aliphatic heterocycles. The van der Waals surface area contributed by atoms with Crippen LogP contribution in [-0.4, -0.2) is 25.0 Å². The minimum Gasteiger partial charge on any atom is -0.399 e. The Balaban J connectivity index is 2.02. The number of rotatable bonds is 4. The van der Waals surface area contributed by atoms with E-state index in [0.29, 0.717) is 5.02 Å². The Labute approximate surface area is 167 Å². The fraction of sp³-hybridized carbons (Fsp3) is 0.368. The number of fused-ring (bicyclic) bond motifs is 1. The van der Waals surface area contributed by atoms with Gasteiger partial charge in [0.15, 0.2) is 0 Å². The van der Waals surface area contributed by atoms with Crippen LogP contribution in [0.3, 0.4) is 0 Å². The van der Waals surface area contributed by atoms with E-state index in [2.05, 4.69) is 24.3 Å². The van der Waals surface area contributed by atoms with Gasteiger partial charge in [-0.2, -0.15) is 0 Å². The Hall–Kier alpha value is -1.50. The average molecular weight is 409 g/mol. The summed E-state index contributed by atoms with van der Waals surface area (Å²) in [6, 6.07) is 7.14. The third kappa shape index (κ3) is 3.92. The molecule has 1 aliphatic carbocycles. The van der Waals surface area contributed by atoms with Gasteiger partial charge in [-0.25, -0.2) is 0 Å². The first-order valence-electron chi connectivity index (χ1n) is 8.21. The van der Waals surface area contributed by atoms with Crippen molar-refractivity contribution >= 4 is 52.0 Å². The zero-order valence-corrected chi connectivity index (χ0v) is 17.6. The molecule has 4 nitrogen and oxygen atoms in total. The maximum Gasteiger partial charge on any atom is 0.266 e. The van der Waals surface area contributed by atoms with E-state index in [4.69, 9.17) is 16.4 Å². The van der Waals surface area contributed by atoms with Crippen LogP contribution in [0.5, 0.6) is 0 Å². The number of hydrogen-bond acceptors (Lipinski definition) is 5. The van der Waals surface area contributed by atoms with Crippen LogP contribution in [0.4, 0.5) is 5.69 Å². The molecule has 1 aromatic carbocycles. The van der Waals surface area contributed by atoms with E-state index in [9.17, 15) is 4.79 Å². The highest BCUT2D eigenvalue weighted by Crippen LogP contribution is 2.45. The summed E-state index contributed by atoms with van der Waals surface area (Å²) in [5.74, 6) is -0.0941. The van der Waals surface area contributed by atoms with Crippen molar-refractivity contribution < 1.29 is 9.63 Å². The summed E-state index contributed by atoms with van der Waals surface area (Å²) in [6.07, 6.45) is 3.69. The van der Waals surface area contributed by atoms with Crippen molar-refractivity contribution in [3.8, 4) is 0 Å². The third-order valence-corrected chi connectivity index (χ3v) is 6.86. The first-order valence-corrected chi connectivity index (χ1v) is 10.6. The van der Waals surface area contributed by atoms with Crippen LogP contribution < -0.4 is 5.32 Å². The fourth-order valence-electron chi connectivity index (χ4n) is 3.22. The largest absolute Gasteiger partial charge is 0.399 e. The highest BCUT2D eigenvalue weighted by Gasteiger charge is 2.36. The Morgan fingerprint density at radius 2 is 2.00 bits per heavy atom. The van der Waals surface area contributed by atoms with Crippen molar-refractivity contribution in [1.29, 1.82) is 0 Å². The van der Waals surface area contributed by atoms with Crippen LogP contribution in [0.25, 0.3) is 0 Å². The molecule has 1 amide bonds. The minimum absolute atomic E-state index is 0.0242. The number of carbonyl (C=O) groups is 1. The molecular formula is C19H21ClN2O2S2. The number of nitrogens with zero attached hydrogens (tertiary/aromatic N) is 1. The molecule has 0 unspecified atom stereocenters. The van der Waals surface area contributed by atoms with E-state index in [-0.39, 0.29) is 11.3 Å². The molecule has 26 heavy (non-hydrogen) atoms. The fourth-order valence-corrected chi connectivity index (χ4v) is 5.35. The van der Waals surface area contributed by atoms with Crippen molar-refractivity contribution in [3.63, 3.8) is 0 Å².